The average molecular weight is 701 g/mol. The van der Waals surface area contributed by atoms with Crippen LogP contribution in [0.15, 0.2) is 152 Å². The fraction of sp³-hybridized carbons (Fsp3) is 0.146. The zero-order valence-electron chi connectivity index (χ0n) is 27.5. The first kappa shape index (κ1) is 35.2. The average Bonchev–Trinajstić information content (AvgIpc) is 3.20. The quantitative estimate of drug-likeness (QED) is 0.117. The number of carbonyl (C=O) groups excluding carboxylic acids is 5. The van der Waals surface area contributed by atoms with Crippen LogP contribution in [0.25, 0.3) is 0 Å². The minimum Gasteiger partial charge on any atom is -0.459 e. The number of hydrogen-bond acceptors (Lipinski definition) is 11. The van der Waals surface area contributed by atoms with Gasteiger partial charge in [0, 0.05) is 0 Å². The molecule has 11 nitrogen and oxygen atoms in total. The van der Waals surface area contributed by atoms with Gasteiger partial charge in [0.25, 0.3) is 0 Å². The summed E-state index contributed by atoms with van der Waals surface area (Å²) < 4.78 is 35.5. The van der Waals surface area contributed by atoms with Crippen molar-refractivity contribution in [2.24, 2.45) is 0 Å². The molecule has 0 aromatic heterocycles. The van der Waals surface area contributed by atoms with Crippen LogP contribution < -0.4 is 0 Å². The van der Waals surface area contributed by atoms with Crippen LogP contribution in [-0.2, 0) is 28.4 Å². The normalized spacial score (nSPS) is 19.3. The minimum absolute atomic E-state index is 0.125. The topological polar surface area (TPSA) is 141 Å². The largest absolute Gasteiger partial charge is 0.459 e. The van der Waals surface area contributed by atoms with E-state index in [1.807, 2.05) is 0 Å². The van der Waals surface area contributed by atoms with Crippen molar-refractivity contribution in [3.05, 3.63) is 179 Å². The maximum atomic E-state index is 13.7. The fourth-order valence-corrected chi connectivity index (χ4v) is 5.37. The molecule has 0 N–H and O–H groups in total. The number of ether oxygens (including phenoxy) is 6. The highest BCUT2D eigenvalue weighted by molar-refractivity contribution is 5.92. The number of carbonyl (C=O) groups is 5. The Morgan fingerprint density at radius 3 is 1.08 bits per heavy atom. The molecular weight excluding hydrogens is 668 g/mol. The van der Waals surface area contributed by atoms with Crippen molar-refractivity contribution in [2.75, 3.05) is 6.61 Å². The first-order chi connectivity index (χ1) is 25.4. The van der Waals surface area contributed by atoms with E-state index in [9.17, 15) is 24.0 Å². The summed E-state index contributed by atoms with van der Waals surface area (Å²) in [6, 6.07) is 40.0. The van der Waals surface area contributed by atoms with Crippen molar-refractivity contribution in [3.8, 4) is 0 Å². The predicted molar refractivity (Wildman–Crippen MR) is 184 cm³/mol. The van der Waals surface area contributed by atoms with E-state index in [2.05, 4.69) is 0 Å². The van der Waals surface area contributed by atoms with Gasteiger partial charge in [0.05, 0.1) is 27.8 Å². The molecule has 262 valence electrons. The zero-order chi connectivity index (χ0) is 36.3. The van der Waals surface area contributed by atoms with Crippen LogP contribution in [0.1, 0.15) is 51.8 Å². The zero-order valence-corrected chi connectivity index (χ0v) is 27.5. The van der Waals surface area contributed by atoms with E-state index in [-0.39, 0.29) is 27.8 Å². The van der Waals surface area contributed by atoms with Gasteiger partial charge >= 0.3 is 29.8 Å². The van der Waals surface area contributed by atoms with E-state index in [0.29, 0.717) is 0 Å². The molecule has 5 aromatic carbocycles. The van der Waals surface area contributed by atoms with E-state index in [0.717, 1.165) is 0 Å². The van der Waals surface area contributed by atoms with Crippen LogP contribution in [0.2, 0.25) is 0 Å². The Hall–Kier alpha value is -6.59. The SMILES string of the molecule is O=C(OCC1O[C@H](OC(=O)c2ccccc2)C(OC(=O)c2ccccc2)C(OC(=O)c2ccccc2)[C@@H]1OC(=O)c1ccccc1)c1ccccc1. The standard InChI is InChI=1S/C41H32O11/c42-36(27-16-6-1-7-17-27)47-26-32-33(49-37(43)28-18-8-2-9-19-28)34(50-38(44)29-20-10-3-11-21-29)35(51-39(45)30-22-12-4-13-23-30)41(48-32)52-40(46)31-24-14-5-15-25-31/h1-25,32-35,41H,26H2/t32?,33-,34?,35?,41-/m1/s1. The first-order valence-electron chi connectivity index (χ1n) is 16.3. The highest BCUT2D eigenvalue weighted by Gasteiger charge is 2.54. The van der Waals surface area contributed by atoms with Gasteiger partial charge in [-0.2, -0.15) is 0 Å². The van der Waals surface area contributed by atoms with Crippen molar-refractivity contribution < 1.29 is 52.4 Å². The van der Waals surface area contributed by atoms with Crippen LogP contribution in [0.5, 0.6) is 0 Å². The molecule has 1 aliphatic heterocycles. The van der Waals surface area contributed by atoms with Gasteiger partial charge in [0.1, 0.15) is 12.7 Å². The van der Waals surface area contributed by atoms with Gasteiger partial charge < -0.3 is 28.4 Å². The summed E-state index contributed by atoms with van der Waals surface area (Å²) in [5, 5.41) is 0. The molecular formula is C41H32O11. The Bertz CT molecular complexity index is 1970. The van der Waals surface area contributed by atoms with Crippen molar-refractivity contribution in [2.45, 2.75) is 30.7 Å². The fourth-order valence-electron chi connectivity index (χ4n) is 5.37. The van der Waals surface area contributed by atoms with E-state index in [4.69, 9.17) is 28.4 Å². The molecule has 0 radical (unpaired) electrons. The third-order valence-electron chi connectivity index (χ3n) is 7.97. The monoisotopic (exact) mass is 700 g/mol. The molecule has 5 atom stereocenters. The molecule has 0 bridgehead atoms. The second-order valence-corrected chi connectivity index (χ2v) is 11.5. The lowest BCUT2D eigenvalue weighted by Gasteiger charge is -2.43. The lowest BCUT2D eigenvalue weighted by Crippen LogP contribution is -2.63. The predicted octanol–water partition coefficient (Wildman–Crippen LogP) is 6.10. The minimum atomic E-state index is -1.75. The summed E-state index contributed by atoms with van der Waals surface area (Å²) in [5.74, 6) is -4.19. The molecule has 1 fully saturated rings. The molecule has 52 heavy (non-hydrogen) atoms. The van der Waals surface area contributed by atoms with Crippen LogP contribution >= 0.6 is 0 Å². The summed E-state index contributed by atoms with van der Waals surface area (Å²) >= 11 is 0. The summed E-state index contributed by atoms with van der Waals surface area (Å²) in [4.78, 5) is 67.4. The second-order valence-electron chi connectivity index (χ2n) is 11.5. The molecule has 1 aliphatic rings. The van der Waals surface area contributed by atoms with Crippen molar-refractivity contribution in [1.82, 2.24) is 0 Å². The third kappa shape index (κ3) is 8.76. The Labute approximate surface area is 298 Å². The molecule has 0 saturated carbocycles. The molecule has 11 heteroatoms. The molecule has 6 rings (SSSR count). The first-order valence-corrected chi connectivity index (χ1v) is 16.3. The summed E-state index contributed by atoms with van der Waals surface area (Å²) in [7, 11) is 0. The van der Waals surface area contributed by atoms with Crippen LogP contribution in [-0.4, -0.2) is 67.2 Å². The number of rotatable bonds is 11. The lowest BCUT2D eigenvalue weighted by molar-refractivity contribution is -0.282. The third-order valence-corrected chi connectivity index (χ3v) is 7.97. The van der Waals surface area contributed by atoms with Gasteiger partial charge in [-0.15, -0.1) is 0 Å². The highest BCUT2D eigenvalue weighted by Crippen LogP contribution is 2.32. The summed E-state index contributed by atoms with van der Waals surface area (Å²) in [6.07, 6.45) is -8.07. The van der Waals surface area contributed by atoms with Gasteiger partial charge in [-0.05, 0) is 60.7 Å². The maximum Gasteiger partial charge on any atom is 0.340 e. The molecule has 1 heterocycles. The molecule has 0 amide bonds. The number of hydrogen-bond donors (Lipinski definition) is 0. The molecule has 0 spiro atoms. The van der Waals surface area contributed by atoms with E-state index >= 15 is 0 Å². The Kier molecular flexibility index (Phi) is 11.4. The van der Waals surface area contributed by atoms with Gasteiger partial charge in [-0.3, -0.25) is 0 Å². The molecule has 5 aromatic rings. The molecule has 3 unspecified atom stereocenters. The van der Waals surface area contributed by atoms with Crippen LogP contribution in [0.4, 0.5) is 0 Å². The Morgan fingerprint density at radius 2 is 0.692 bits per heavy atom. The van der Waals surface area contributed by atoms with Gasteiger partial charge in [-0.1, -0.05) is 91.0 Å². The maximum absolute atomic E-state index is 13.7. The second kappa shape index (κ2) is 16.9. The highest BCUT2D eigenvalue weighted by atomic mass is 16.7. The van der Waals surface area contributed by atoms with E-state index < -0.39 is 67.2 Å². The Balaban J connectivity index is 1.41. The van der Waals surface area contributed by atoms with Crippen molar-refractivity contribution in [3.63, 3.8) is 0 Å². The Morgan fingerprint density at radius 1 is 0.385 bits per heavy atom. The van der Waals surface area contributed by atoms with E-state index in [1.165, 1.54) is 48.5 Å². The lowest BCUT2D eigenvalue weighted by atomic mass is 9.97. The molecule has 0 aliphatic carbocycles. The van der Waals surface area contributed by atoms with Crippen molar-refractivity contribution in [1.29, 1.82) is 0 Å². The van der Waals surface area contributed by atoms with Crippen LogP contribution in [0.3, 0.4) is 0 Å². The van der Waals surface area contributed by atoms with Gasteiger partial charge in [-0.25, -0.2) is 24.0 Å². The smallest absolute Gasteiger partial charge is 0.340 e. The van der Waals surface area contributed by atoms with Gasteiger partial charge in [0.15, 0.2) is 12.2 Å². The summed E-state index contributed by atoms with van der Waals surface area (Å²) in [5.41, 5.74) is 0.762. The van der Waals surface area contributed by atoms with Gasteiger partial charge in [0.2, 0.25) is 12.4 Å². The molecule has 1 saturated heterocycles. The van der Waals surface area contributed by atoms with E-state index in [1.54, 1.807) is 103 Å². The van der Waals surface area contributed by atoms with Crippen molar-refractivity contribution >= 4 is 29.8 Å². The van der Waals surface area contributed by atoms with Crippen LogP contribution in [0, 0.1) is 0 Å². The number of esters is 5. The summed E-state index contributed by atoms with van der Waals surface area (Å²) in [6.45, 7) is -0.557. The number of benzene rings is 5.